The average molecular weight is 368 g/mol. The fourth-order valence-electron chi connectivity index (χ4n) is 2.19. The Kier molecular flexibility index (Phi) is 5.08. The molecule has 3 nitrogen and oxygen atoms in total. The van der Waals surface area contributed by atoms with Gasteiger partial charge in [0.2, 0.25) is 11.8 Å². The highest BCUT2D eigenvalue weighted by molar-refractivity contribution is 7.97. The highest BCUT2D eigenvalue weighted by atomic mass is 32.2. The molecule has 0 amide bonds. The normalized spacial score (nSPS) is 11.7. The molecule has 3 aromatic rings. The first-order valence-electron chi connectivity index (χ1n) is 7.24. The summed E-state index contributed by atoms with van der Waals surface area (Å²) >= 11 is 1.24. The first kappa shape index (κ1) is 17.5. The molecular weight excluding hydrogens is 356 g/mol. The lowest BCUT2D eigenvalue weighted by molar-refractivity contribution is -0.138. The summed E-state index contributed by atoms with van der Waals surface area (Å²) in [5.41, 5.74) is 0.144. The Bertz CT molecular complexity index is 846. The molecule has 0 bridgehead atoms. The lowest BCUT2D eigenvalue weighted by atomic mass is 10.1. The fourth-order valence-corrected chi connectivity index (χ4v) is 3.06. The molecule has 3 rings (SSSR count). The zero-order valence-corrected chi connectivity index (χ0v) is 13.6. The predicted octanol–water partition coefficient (Wildman–Crippen LogP) is 5.33. The van der Waals surface area contributed by atoms with E-state index in [1.54, 1.807) is 6.07 Å². The van der Waals surface area contributed by atoms with Crippen LogP contribution in [0.1, 0.15) is 17.0 Å². The van der Waals surface area contributed by atoms with Crippen LogP contribution in [0.3, 0.4) is 0 Å². The van der Waals surface area contributed by atoms with Gasteiger partial charge in [-0.1, -0.05) is 18.2 Å². The number of rotatable bonds is 5. The van der Waals surface area contributed by atoms with E-state index >= 15 is 0 Å². The van der Waals surface area contributed by atoms with E-state index in [1.165, 1.54) is 48.2 Å². The Morgan fingerprint density at radius 1 is 0.920 bits per heavy atom. The van der Waals surface area contributed by atoms with Crippen LogP contribution in [0.25, 0.3) is 11.5 Å². The summed E-state index contributed by atoms with van der Waals surface area (Å²) in [6, 6.07) is 11.0. The van der Waals surface area contributed by atoms with Crippen LogP contribution in [0.4, 0.5) is 17.6 Å². The maximum absolute atomic E-state index is 12.9. The van der Waals surface area contributed by atoms with Crippen LogP contribution >= 0.6 is 11.8 Å². The standard InChI is InChI=1S/C17H12F4N2OS/c18-13-7-5-11(6-8-13)16-23-22-15(24-16)10-25-9-12-3-1-2-4-14(12)17(19,20)21/h1-8H,9-10H2. The molecule has 2 aromatic carbocycles. The van der Waals surface area contributed by atoms with Gasteiger partial charge in [0, 0.05) is 11.3 Å². The van der Waals surface area contributed by atoms with Crippen molar-refractivity contribution >= 4 is 11.8 Å². The van der Waals surface area contributed by atoms with E-state index in [4.69, 9.17) is 4.42 Å². The van der Waals surface area contributed by atoms with Crippen LogP contribution < -0.4 is 0 Å². The molecule has 0 aliphatic rings. The van der Waals surface area contributed by atoms with E-state index in [0.29, 0.717) is 11.5 Å². The predicted molar refractivity (Wildman–Crippen MR) is 86.1 cm³/mol. The highest BCUT2D eigenvalue weighted by Crippen LogP contribution is 2.33. The number of nitrogens with zero attached hydrogens (tertiary/aromatic N) is 2. The van der Waals surface area contributed by atoms with Gasteiger partial charge in [0.05, 0.1) is 11.3 Å². The van der Waals surface area contributed by atoms with Crippen LogP contribution in [0.5, 0.6) is 0 Å². The van der Waals surface area contributed by atoms with E-state index in [-0.39, 0.29) is 28.8 Å². The smallest absolute Gasteiger partial charge is 0.416 e. The van der Waals surface area contributed by atoms with Gasteiger partial charge in [-0.25, -0.2) is 4.39 Å². The molecule has 0 fully saturated rings. The second kappa shape index (κ2) is 7.26. The molecule has 0 saturated heterocycles. The number of hydrogen-bond acceptors (Lipinski definition) is 4. The van der Waals surface area contributed by atoms with Crippen LogP contribution in [-0.4, -0.2) is 10.2 Å². The van der Waals surface area contributed by atoms with E-state index < -0.39 is 11.7 Å². The molecular formula is C17H12F4N2OS. The molecule has 0 saturated carbocycles. The SMILES string of the molecule is Fc1ccc(-c2nnc(CSCc3ccccc3C(F)(F)F)o2)cc1. The third-order valence-electron chi connectivity index (χ3n) is 3.36. The summed E-state index contributed by atoms with van der Waals surface area (Å²) in [4.78, 5) is 0. The van der Waals surface area contributed by atoms with Crippen LogP contribution in [-0.2, 0) is 17.7 Å². The molecule has 25 heavy (non-hydrogen) atoms. The highest BCUT2D eigenvalue weighted by Gasteiger charge is 2.32. The van der Waals surface area contributed by atoms with Gasteiger partial charge in [-0.3, -0.25) is 0 Å². The molecule has 1 heterocycles. The Morgan fingerprint density at radius 2 is 1.64 bits per heavy atom. The maximum atomic E-state index is 12.9. The molecule has 0 unspecified atom stereocenters. The number of hydrogen-bond donors (Lipinski definition) is 0. The minimum atomic E-state index is -4.38. The van der Waals surface area contributed by atoms with E-state index in [2.05, 4.69) is 10.2 Å². The first-order chi connectivity index (χ1) is 11.9. The molecule has 1 aromatic heterocycles. The minimum absolute atomic E-state index is 0.171. The number of alkyl halides is 3. The Labute approximate surface area is 145 Å². The third-order valence-corrected chi connectivity index (χ3v) is 4.33. The van der Waals surface area contributed by atoms with Crippen molar-refractivity contribution in [2.45, 2.75) is 17.7 Å². The largest absolute Gasteiger partial charge is 0.420 e. The van der Waals surface area contributed by atoms with Crippen LogP contribution in [0.2, 0.25) is 0 Å². The zero-order valence-electron chi connectivity index (χ0n) is 12.8. The van der Waals surface area contributed by atoms with Crippen molar-refractivity contribution in [2.75, 3.05) is 0 Å². The average Bonchev–Trinajstić information content (AvgIpc) is 3.04. The summed E-state index contributed by atoms with van der Waals surface area (Å²) in [5.74, 6) is 0.618. The van der Waals surface area contributed by atoms with Crippen molar-refractivity contribution in [3.63, 3.8) is 0 Å². The van der Waals surface area contributed by atoms with Gasteiger partial charge in [-0.05, 0) is 35.9 Å². The molecule has 0 N–H and O–H groups in total. The van der Waals surface area contributed by atoms with Gasteiger partial charge in [0.1, 0.15) is 5.82 Å². The molecule has 0 spiro atoms. The molecule has 0 aliphatic carbocycles. The van der Waals surface area contributed by atoms with Gasteiger partial charge in [0.25, 0.3) is 0 Å². The van der Waals surface area contributed by atoms with Gasteiger partial charge in [0.15, 0.2) is 0 Å². The summed E-state index contributed by atoms with van der Waals surface area (Å²) < 4.78 is 57.2. The van der Waals surface area contributed by atoms with Gasteiger partial charge in [-0.2, -0.15) is 13.2 Å². The maximum Gasteiger partial charge on any atom is 0.416 e. The van der Waals surface area contributed by atoms with Crippen molar-refractivity contribution in [1.82, 2.24) is 10.2 Å². The Balaban J connectivity index is 1.63. The number of benzene rings is 2. The van der Waals surface area contributed by atoms with Gasteiger partial charge in [-0.15, -0.1) is 22.0 Å². The number of aromatic nitrogens is 2. The molecule has 0 atom stereocenters. The second-order valence-electron chi connectivity index (χ2n) is 5.16. The first-order valence-corrected chi connectivity index (χ1v) is 8.40. The number of halogens is 4. The lowest BCUT2D eigenvalue weighted by Gasteiger charge is -2.11. The van der Waals surface area contributed by atoms with Gasteiger partial charge >= 0.3 is 6.18 Å². The van der Waals surface area contributed by atoms with E-state index in [1.807, 2.05) is 0 Å². The van der Waals surface area contributed by atoms with E-state index in [0.717, 1.165) is 6.07 Å². The summed E-state index contributed by atoms with van der Waals surface area (Å²) in [7, 11) is 0. The minimum Gasteiger partial charge on any atom is -0.420 e. The summed E-state index contributed by atoms with van der Waals surface area (Å²) in [5, 5.41) is 7.73. The quantitative estimate of drug-likeness (QED) is 0.571. The van der Waals surface area contributed by atoms with E-state index in [9.17, 15) is 17.6 Å². The van der Waals surface area contributed by atoms with Crippen molar-refractivity contribution < 1.29 is 22.0 Å². The third kappa shape index (κ3) is 4.39. The Morgan fingerprint density at radius 3 is 2.36 bits per heavy atom. The molecule has 130 valence electrons. The Hall–Kier alpha value is -2.35. The van der Waals surface area contributed by atoms with Crippen LogP contribution in [0, 0.1) is 5.82 Å². The summed E-state index contributed by atoms with van der Waals surface area (Å²) in [6.07, 6.45) is -4.38. The lowest BCUT2D eigenvalue weighted by Crippen LogP contribution is -2.08. The zero-order chi connectivity index (χ0) is 17.9. The number of thioether (sulfide) groups is 1. The monoisotopic (exact) mass is 368 g/mol. The molecule has 0 radical (unpaired) electrons. The van der Waals surface area contributed by atoms with Crippen molar-refractivity contribution in [3.8, 4) is 11.5 Å². The van der Waals surface area contributed by atoms with Gasteiger partial charge < -0.3 is 4.42 Å². The molecule has 0 aliphatic heterocycles. The summed E-state index contributed by atoms with van der Waals surface area (Å²) in [6.45, 7) is 0. The van der Waals surface area contributed by atoms with Crippen molar-refractivity contribution in [1.29, 1.82) is 0 Å². The topological polar surface area (TPSA) is 38.9 Å². The fraction of sp³-hybridized carbons (Fsp3) is 0.176. The van der Waals surface area contributed by atoms with Crippen LogP contribution in [0.15, 0.2) is 52.9 Å². The van der Waals surface area contributed by atoms with Crippen molar-refractivity contribution in [2.24, 2.45) is 0 Å². The molecule has 8 heteroatoms. The van der Waals surface area contributed by atoms with Crippen molar-refractivity contribution in [3.05, 3.63) is 71.4 Å². The second-order valence-corrected chi connectivity index (χ2v) is 6.14.